The number of nitrogens with zero attached hydrogens (tertiary/aromatic N) is 5. The second-order valence-corrected chi connectivity index (χ2v) is 6.90. The Balaban J connectivity index is 0.000000172. The third-order valence-electron chi connectivity index (χ3n) is 4.73. The maximum absolute atomic E-state index is 12.0. The molecular weight excluding hydrogens is 444 g/mol. The number of hydrogen-bond acceptors (Lipinski definition) is 8. The Morgan fingerprint density at radius 1 is 0.765 bits per heavy atom. The van der Waals surface area contributed by atoms with Crippen molar-refractivity contribution in [1.29, 1.82) is 0 Å². The Hall–Kier alpha value is -5.26. The average molecular weight is 458 g/mol. The largest absolute Gasteiger partial charge is 0.319 e. The van der Waals surface area contributed by atoms with Crippen molar-refractivity contribution in [1.82, 2.24) is 19.5 Å². The highest BCUT2D eigenvalue weighted by molar-refractivity contribution is 5.79. The van der Waals surface area contributed by atoms with Gasteiger partial charge in [0.1, 0.15) is 0 Å². The van der Waals surface area contributed by atoms with E-state index in [0.29, 0.717) is 27.8 Å². The average Bonchev–Trinajstić information content (AvgIpc) is 2.84. The van der Waals surface area contributed by atoms with Crippen LogP contribution in [0.15, 0.2) is 88.7 Å². The zero-order chi connectivity index (χ0) is 24.2. The van der Waals surface area contributed by atoms with Gasteiger partial charge < -0.3 is 4.98 Å². The number of benzene rings is 3. The Labute approximate surface area is 189 Å². The molecule has 1 N–H and O–H groups in total. The molecule has 0 fully saturated rings. The highest BCUT2D eigenvalue weighted by atomic mass is 16.6. The van der Waals surface area contributed by atoms with Crippen LogP contribution in [0.2, 0.25) is 0 Å². The number of nitro benzene ring substituents is 2. The number of aromatic nitrogens is 4. The second-order valence-electron chi connectivity index (χ2n) is 6.90. The van der Waals surface area contributed by atoms with Crippen molar-refractivity contribution in [2.24, 2.45) is 0 Å². The molecule has 0 spiro atoms. The molecule has 12 heteroatoms. The molecule has 5 aromatic rings. The summed E-state index contributed by atoms with van der Waals surface area (Å²) in [5, 5.41) is 21.2. The summed E-state index contributed by atoms with van der Waals surface area (Å²) >= 11 is 0. The van der Waals surface area contributed by atoms with E-state index in [-0.39, 0.29) is 22.5 Å². The van der Waals surface area contributed by atoms with E-state index in [9.17, 15) is 29.8 Å². The normalized spacial score (nSPS) is 10.5. The zero-order valence-corrected chi connectivity index (χ0v) is 17.2. The van der Waals surface area contributed by atoms with E-state index in [4.69, 9.17) is 0 Å². The molecule has 2 aromatic heterocycles. The summed E-state index contributed by atoms with van der Waals surface area (Å²) in [5.41, 5.74) is 1.82. The molecule has 168 valence electrons. The molecule has 5 rings (SSSR count). The van der Waals surface area contributed by atoms with Gasteiger partial charge in [-0.15, -0.1) is 0 Å². The van der Waals surface area contributed by atoms with Crippen molar-refractivity contribution in [3.05, 3.63) is 120 Å². The Morgan fingerprint density at radius 3 is 2.06 bits per heavy atom. The second kappa shape index (κ2) is 9.08. The first-order valence-corrected chi connectivity index (χ1v) is 9.68. The third-order valence-corrected chi connectivity index (χ3v) is 4.73. The lowest BCUT2D eigenvalue weighted by atomic mass is 10.2. The van der Waals surface area contributed by atoms with Crippen molar-refractivity contribution in [3.63, 3.8) is 0 Å². The monoisotopic (exact) mass is 458 g/mol. The highest BCUT2D eigenvalue weighted by Crippen LogP contribution is 2.20. The van der Waals surface area contributed by atoms with E-state index in [2.05, 4.69) is 15.0 Å². The van der Waals surface area contributed by atoms with E-state index in [1.165, 1.54) is 47.2 Å². The molecule has 3 aromatic carbocycles. The van der Waals surface area contributed by atoms with Crippen LogP contribution in [0.3, 0.4) is 0 Å². The number of nitrogens with one attached hydrogen (secondary N) is 1. The first-order valence-electron chi connectivity index (χ1n) is 9.68. The fourth-order valence-electron chi connectivity index (χ4n) is 3.20. The molecule has 2 heterocycles. The molecule has 0 aliphatic rings. The third kappa shape index (κ3) is 4.50. The molecule has 0 bridgehead atoms. The Bertz CT molecular complexity index is 1660. The molecule has 0 saturated heterocycles. The fourth-order valence-corrected chi connectivity index (χ4v) is 3.20. The first kappa shape index (κ1) is 22.0. The Kier molecular flexibility index (Phi) is 5.86. The van der Waals surface area contributed by atoms with Crippen LogP contribution in [-0.2, 0) is 0 Å². The van der Waals surface area contributed by atoms with Gasteiger partial charge in [-0.3, -0.25) is 34.4 Å². The molecule has 0 aliphatic carbocycles. The molecule has 0 radical (unpaired) electrons. The standard InChI is InChI=1S/C14H9N3O3.C8H5N3O3/c18-14-9-15-12-8-11(17(19)20)6-7-13(12)16(14)10-4-2-1-3-5-10;12-8-4-9-7-3-5(11(13)14)1-2-6(7)10-8/h1-9H;1-4H,(H,10,12). The van der Waals surface area contributed by atoms with Gasteiger partial charge in [0.2, 0.25) is 0 Å². The number of H-pyrrole nitrogens is 1. The van der Waals surface area contributed by atoms with E-state index >= 15 is 0 Å². The van der Waals surface area contributed by atoms with Gasteiger partial charge in [-0.25, -0.2) is 9.97 Å². The number of para-hydroxylation sites is 1. The maximum atomic E-state index is 12.0. The van der Waals surface area contributed by atoms with Crippen LogP contribution in [-0.4, -0.2) is 29.4 Å². The number of fused-ring (bicyclic) bond motifs is 2. The van der Waals surface area contributed by atoms with Crippen molar-refractivity contribution in [3.8, 4) is 5.69 Å². The van der Waals surface area contributed by atoms with Crippen LogP contribution in [0.4, 0.5) is 11.4 Å². The van der Waals surface area contributed by atoms with Crippen LogP contribution in [0.5, 0.6) is 0 Å². The lowest BCUT2D eigenvalue weighted by Gasteiger charge is -2.08. The van der Waals surface area contributed by atoms with Crippen molar-refractivity contribution >= 4 is 33.4 Å². The van der Waals surface area contributed by atoms with Gasteiger partial charge in [-0.2, -0.15) is 0 Å². The molecule has 34 heavy (non-hydrogen) atoms. The van der Waals surface area contributed by atoms with Crippen molar-refractivity contribution < 1.29 is 9.85 Å². The van der Waals surface area contributed by atoms with Crippen LogP contribution < -0.4 is 11.1 Å². The summed E-state index contributed by atoms with van der Waals surface area (Å²) in [6.07, 6.45) is 2.26. The summed E-state index contributed by atoms with van der Waals surface area (Å²) in [6.45, 7) is 0. The fraction of sp³-hybridized carbons (Fsp3) is 0. The molecule has 12 nitrogen and oxygen atoms in total. The smallest absolute Gasteiger partial charge is 0.274 e. The van der Waals surface area contributed by atoms with Crippen LogP contribution >= 0.6 is 0 Å². The van der Waals surface area contributed by atoms with E-state index < -0.39 is 9.85 Å². The lowest BCUT2D eigenvalue weighted by molar-refractivity contribution is -0.384. The van der Waals surface area contributed by atoms with E-state index in [1.54, 1.807) is 12.1 Å². The quantitative estimate of drug-likeness (QED) is 0.318. The van der Waals surface area contributed by atoms with Gasteiger partial charge in [0.05, 0.1) is 44.3 Å². The first-order chi connectivity index (χ1) is 16.3. The predicted octanol–water partition coefficient (Wildman–Crippen LogP) is 3.13. The van der Waals surface area contributed by atoms with E-state index in [0.717, 1.165) is 6.20 Å². The number of rotatable bonds is 3. The van der Waals surface area contributed by atoms with Gasteiger partial charge in [0, 0.05) is 30.0 Å². The highest BCUT2D eigenvalue weighted by Gasteiger charge is 2.11. The summed E-state index contributed by atoms with van der Waals surface area (Å²) in [7, 11) is 0. The number of aromatic amines is 1. The number of non-ortho nitro benzene ring substituents is 2. The molecule has 0 atom stereocenters. The van der Waals surface area contributed by atoms with Crippen LogP contribution in [0, 0.1) is 20.2 Å². The maximum Gasteiger partial charge on any atom is 0.274 e. The zero-order valence-electron chi connectivity index (χ0n) is 17.2. The number of hydrogen-bond donors (Lipinski definition) is 1. The molecule has 0 unspecified atom stereocenters. The summed E-state index contributed by atoms with van der Waals surface area (Å²) in [5.74, 6) is 0. The minimum absolute atomic E-state index is 0.0444. The van der Waals surface area contributed by atoms with Gasteiger partial charge in [-0.1, -0.05) is 18.2 Å². The van der Waals surface area contributed by atoms with Gasteiger partial charge in [0.25, 0.3) is 22.5 Å². The van der Waals surface area contributed by atoms with E-state index in [1.807, 2.05) is 18.2 Å². The summed E-state index contributed by atoms with van der Waals surface area (Å²) in [4.78, 5) is 53.3. The topological polar surface area (TPSA) is 167 Å². The molecular formula is C22H14N6O6. The number of nitro groups is 2. The SMILES string of the molecule is O=c1cnc2cc([N+](=O)[O-])ccc2[nH]1.O=c1cnc2cc([N+](=O)[O-])ccc2n1-c1ccccc1. The van der Waals surface area contributed by atoms with Crippen molar-refractivity contribution in [2.75, 3.05) is 0 Å². The molecule has 0 saturated carbocycles. The van der Waals surface area contributed by atoms with Crippen molar-refractivity contribution in [2.45, 2.75) is 0 Å². The minimum atomic E-state index is -0.508. The van der Waals surface area contributed by atoms with Gasteiger partial charge in [0.15, 0.2) is 0 Å². The molecule has 0 aliphatic heterocycles. The Morgan fingerprint density at radius 2 is 1.38 bits per heavy atom. The molecule has 0 amide bonds. The predicted molar refractivity (Wildman–Crippen MR) is 123 cm³/mol. The van der Waals surface area contributed by atoms with Gasteiger partial charge >= 0.3 is 0 Å². The van der Waals surface area contributed by atoms with Gasteiger partial charge in [-0.05, 0) is 24.3 Å². The minimum Gasteiger partial charge on any atom is -0.319 e. The summed E-state index contributed by atoms with van der Waals surface area (Å²) in [6, 6.07) is 17.4. The summed E-state index contributed by atoms with van der Waals surface area (Å²) < 4.78 is 1.48. The van der Waals surface area contributed by atoms with Crippen LogP contribution in [0.1, 0.15) is 0 Å². The lowest BCUT2D eigenvalue weighted by Crippen LogP contribution is -2.18. The van der Waals surface area contributed by atoms with Crippen LogP contribution in [0.25, 0.3) is 27.8 Å².